The average molecular weight is 204 g/mol. The number of esters is 1. The van der Waals surface area contributed by atoms with Crippen LogP contribution in [0.1, 0.15) is 20.8 Å². The fourth-order valence-electron chi connectivity index (χ4n) is 0.569. The molecular weight excluding hydrogens is 188 g/mol. The van der Waals surface area contributed by atoms with E-state index >= 15 is 0 Å². The topological polar surface area (TPSA) is 35.5 Å². The van der Waals surface area contributed by atoms with Gasteiger partial charge in [0.2, 0.25) is 0 Å². The molecule has 0 saturated heterocycles. The molecule has 0 unspecified atom stereocenters. The lowest BCUT2D eigenvalue weighted by Crippen LogP contribution is -2.18. The third-order valence-corrected chi connectivity index (χ3v) is 1.78. The van der Waals surface area contributed by atoms with Crippen LogP contribution in [0.15, 0.2) is 11.7 Å². The fourth-order valence-corrected chi connectivity index (χ4v) is 1.27. The lowest BCUT2D eigenvalue weighted by Gasteiger charge is -2.21. The molecular formula is C9H16O3S. The van der Waals surface area contributed by atoms with Crippen molar-refractivity contribution in [1.82, 2.24) is 0 Å². The molecule has 0 aromatic carbocycles. The lowest BCUT2D eigenvalue weighted by atomic mass is 10.2. The van der Waals surface area contributed by atoms with Crippen molar-refractivity contribution in [2.45, 2.75) is 26.4 Å². The van der Waals surface area contributed by atoms with Crippen LogP contribution in [0.4, 0.5) is 0 Å². The zero-order chi connectivity index (χ0) is 10.5. The van der Waals surface area contributed by atoms with Gasteiger partial charge in [0.1, 0.15) is 10.7 Å². The Bertz CT molecular complexity index is 194. The van der Waals surface area contributed by atoms with Crippen LogP contribution in [-0.2, 0) is 14.3 Å². The molecule has 0 spiro atoms. The van der Waals surface area contributed by atoms with Crippen molar-refractivity contribution in [3.8, 4) is 0 Å². The summed E-state index contributed by atoms with van der Waals surface area (Å²) in [6, 6.07) is 0. The molecule has 0 aromatic rings. The fraction of sp³-hybridized carbons (Fsp3) is 0.667. The first kappa shape index (κ1) is 12.4. The van der Waals surface area contributed by atoms with E-state index in [9.17, 15) is 4.79 Å². The summed E-state index contributed by atoms with van der Waals surface area (Å²) < 4.78 is 9.87. The molecule has 4 heteroatoms. The van der Waals surface area contributed by atoms with Crippen LogP contribution in [0.2, 0.25) is 0 Å². The Morgan fingerprint density at radius 1 is 1.46 bits per heavy atom. The zero-order valence-corrected chi connectivity index (χ0v) is 9.36. The predicted molar refractivity (Wildman–Crippen MR) is 54.5 cm³/mol. The highest BCUT2D eigenvalue weighted by molar-refractivity contribution is 8.03. The van der Waals surface area contributed by atoms with E-state index in [0.29, 0.717) is 5.09 Å². The second kappa shape index (κ2) is 5.17. The summed E-state index contributed by atoms with van der Waals surface area (Å²) >= 11 is 1.24. The number of carbonyl (C=O) groups excluding carboxylic acids is 1. The zero-order valence-electron chi connectivity index (χ0n) is 8.55. The molecule has 13 heavy (non-hydrogen) atoms. The van der Waals surface area contributed by atoms with Gasteiger partial charge in [-0.1, -0.05) is 11.8 Å². The van der Waals surface area contributed by atoms with Gasteiger partial charge in [0.25, 0.3) is 0 Å². The Morgan fingerprint density at radius 3 is 2.38 bits per heavy atom. The van der Waals surface area contributed by atoms with Crippen LogP contribution in [0.25, 0.3) is 0 Å². The number of hydrogen-bond acceptors (Lipinski definition) is 4. The maximum Gasteiger partial charge on any atom is 0.316 e. The van der Waals surface area contributed by atoms with Crippen LogP contribution in [0.3, 0.4) is 0 Å². The van der Waals surface area contributed by atoms with Crippen molar-refractivity contribution in [2.24, 2.45) is 0 Å². The van der Waals surface area contributed by atoms with Gasteiger partial charge in [0.15, 0.2) is 0 Å². The molecule has 0 heterocycles. The van der Waals surface area contributed by atoms with Crippen molar-refractivity contribution in [2.75, 3.05) is 12.9 Å². The standard InChI is InChI=1S/C9H16O3S/c1-7(12-9(2,3)4)13-6-8(10)11-5/h1,6H2,2-5H3. The monoisotopic (exact) mass is 204 g/mol. The van der Waals surface area contributed by atoms with E-state index in [1.165, 1.54) is 18.9 Å². The van der Waals surface area contributed by atoms with Gasteiger partial charge in [0.05, 0.1) is 12.9 Å². The molecule has 0 radical (unpaired) electrons. The second-order valence-corrected chi connectivity index (χ2v) is 4.48. The average Bonchev–Trinajstić information content (AvgIpc) is 1.97. The van der Waals surface area contributed by atoms with Gasteiger partial charge in [-0.05, 0) is 27.4 Å². The van der Waals surface area contributed by atoms with E-state index in [0.717, 1.165) is 0 Å². The van der Waals surface area contributed by atoms with E-state index in [2.05, 4.69) is 11.3 Å². The Kier molecular flexibility index (Phi) is 4.91. The third kappa shape index (κ3) is 7.71. The van der Waals surface area contributed by atoms with Crippen LogP contribution in [-0.4, -0.2) is 24.4 Å². The van der Waals surface area contributed by atoms with E-state index in [1.807, 2.05) is 20.8 Å². The molecule has 3 nitrogen and oxygen atoms in total. The highest BCUT2D eigenvalue weighted by Crippen LogP contribution is 2.21. The molecule has 0 atom stereocenters. The molecule has 0 aromatic heterocycles. The lowest BCUT2D eigenvalue weighted by molar-refractivity contribution is -0.137. The summed E-state index contributed by atoms with van der Waals surface area (Å²) in [5.41, 5.74) is -0.264. The van der Waals surface area contributed by atoms with Crippen molar-refractivity contribution in [3.05, 3.63) is 11.7 Å². The van der Waals surface area contributed by atoms with E-state index in [1.54, 1.807) is 0 Å². The van der Waals surface area contributed by atoms with Gasteiger partial charge in [0, 0.05) is 0 Å². The molecule has 0 saturated carbocycles. The van der Waals surface area contributed by atoms with Crippen LogP contribution < -0.4 is 0 Å². The van der Waals surface area contributed by atoms with Gasteiger partial charge in [-0.2, -0.15) is 0 Å². The molecule has 0 aliphatic heterocycles. The predicted octanol–water partition coefficient (Wildman–Crippen LogP) is 2.18. The van der Waals surface area contributed by atoms with Gasteiger partial charge in [-0.25, -0.2) is 0 Å². The minimum absolute atomic E-state index is 0.241. The second-order valence-electron chi connectivity index (χ2n) is 3.45. The molecule has 0 aliphatic rings. The number of rotatable bonds is 4. The quantitative estimate of drug-likeness (QED) is 0.519. The molecule has 0 rings (SSSR count). The molecule has 0 amide bonds. The third-order valence-electron chi connectivity index (χ3n) is 0.999. The minimum Gasteiger partial charge on any atom is -0.483 e. The smallest absolute Gasteiger partial charge is 0.316 e. The Morgan fingerprint density at radius 2 is 2.00 bits per heavy atom. The summed E-state index contributed by atoms with van der Waals surface area (Å²) in [6.45, 7) is 9.46. The normalized spacial score (nSPS) is 10.8. The van der Waals surface area contributed by atoms with Crippen molar-refractivity contribution in [1.29, 1.82) is 0 Å². The van der Waals surface area contributed by atoms with E-state index in [-0.39, 0.29) is 17.3 Å². The number of methoxy groups -OCH3 is 1. The summed E-state index contributed by atoms with van der Waals surface area (Å²) in [6.07, 6.45) is 0. The van der Waals surface area contributed by atoms with Crippen LogP contribution >= 0.6 is 11.8 Å². The van der Waals surface area contributed by atoms with Crippen molar-refractivity contribution in [3.63, 3.8) is 0 Å². The van der Waals surface area contributed by atoms with E-state index in [4.69, 9.17) is 4.74 Å². The largest absolute Gasteiger partial charge is 0.483 e. The van der Waals surface area contributed by atoms with Gasteiger partial charge >= 0.3 is 5.97 Å². The van der Waals surface area contributed by atoms with Crippen LogP contribution in [0, 0.1) is 0 Å². The van der Waals surface area contributed by atoms with Crippen molar-refractivity contribution < 1.29 is 14.3 Å². The van der Waals surface area contributed by atoms with Gasteiger partial charge in [-0.15, -0.1) is 0 Å². The summed E-state index contributed by atoms with van der Waals surface area (Å²) in [5.74, 6) is -0.0329. The summed E-state index contributed by atoms with van der Waals surface area (Å²) in [7, 11) is 1.36. The molecule has 76 valence electrons. The molecule has 0 bridgehead atoms. The minimum atomic E-state index is -0.274. The molecule has 0 N–H and O–H groups in total. The maximum absolute atomic E-state index is 10.7. The Labute approximate surface area is 83.5 Å². The van der Waals surface area contributed by atoms with Crippen molar-refractivity contribution >= 4 is 17.7 Å². The van der Waals surface area contributed by atoms with Gasteiger partial charge < -0.3 is 9.47 Å². The first-order valence-electron chi connectivity index (χ1n) is 3.92. The number of hydrogen-bond donors (Lipinski definition) is 0. The van der Waals surface area contributed by atoms with Gasteiger partial charge in [-0.3, -0.25) is 4.79 Å². The highest BCUT2D eigenvalue weighted by Gasteiger charge is 2.13. The molecule has 0 fully saturated rings. The SMILES string of the molecule is C=C(OC(C)(C)C)SCC(=O)OC. The number of ether oxygens (including phenoxy) is 2. The maximum atomic E-state index is 10.7. The Balaban J connectivity index is 3.71. The molecule has 0 aliphatic carbocycles. The summed E-state index contributed by atoms with van der Waals surface area (Å²) in [4.78, 5) is 10.7. The summed E-state index contributed by atoms with van der Waals surface area (Å²) in [5, 5.41) is 0.540. The van der Waals surface area contributed by atoms with Crippen LogP contribution in [0.5, 0.6) is 0 Å². The van der Waals surface area contributed by atoms with E-state index < -0.39 is 0 Å². The first-order chi connectivity index (χ1) is 5.85. The number of carbonyl (C=O) groups is 1. The first-order valence-corrected chi connectivity index (χ1v) is 4.91. The number of thioether (sulfide) groups is 1. The Hall–Kier alpha value is -0.640. The highest BCUT2D eigenvalue weighted by atomic mass is 32.2.